The van der Waals surface area contributed by atoms with Crippen molar-refractivity contribution in [3.05, 3.63) is 53.6 Å². The van der Waals surface area contributed by atoms with Crippen molar-refractivity contribution in [2.24, 2.45) is 0 Å². The van der Waals surface area contributed by atoms with Crippen LogP contribution in [0.1, 0.15) is 18.1 Å². The maximum atomic E-state index is 13.6. The number of rotatable bonds is 9. The van der Waals surface area contributed by atoms with Gasteiger partial charge in [0.25, 0.3) is 0 Å². The molecule has 1 fully saturated rings. The fraction of sp³-hybridized carbons (Fsp3) is 0.440. The molecule has 0 spiro atoms. The van der Waals surface area contributed by atoms with E-state index in [2.05, 4.69) is 12.2 Å². The molecule has 1 aliphatic rings. The number of hydrogen-bond donors (Lipinski definition) is 2. The predicted octanol–water partition coefficient (Wildman–Crippen LogP) is 2.52. The number of ether oxygens (including phenoxy) is 2. The highest BCUT2D eigenvalue weighted by Gasteiger charge is 2.38. The van der Waals surface area contributed by atoms with Crippen molar-refractivity contribution in [3.63, 3.8) is 0 Å². The molecule has 3 rings (SSSR count). The van der Waals surface area contributed by atoms with Crippen LogP contribution < -0.4 is 14.8 Å². The summed E-state index contributed by atoms with van der Waals surface area (Å²) in [5.74, 6) is -2.22. The van der Waals surface area contributed by atoms with Crippen molar-refractivity contribution in [2.75, 3.05) is 46.9 Å². The molecule has 0 unspecified atom stereocenters. The van der Waals surface area contributed by atoms with Gasteiger partial charge in [-0.15, -0.1) is 0 Å². The quantitative estimate of drug-likeness (QED) is 0.468. The Hall–Kier alpha value is -3.36. The van der Waals surface area contributed by atoms with Crippen LogP contribution in [0, 0.1) is 0 Å². The zero-order chi connectivity index (χ0) is 29.2. The van der Waals surface area contributed by atoms with Gasteiger partial charge in [0, 0.05) is 38.8 Å². The third-order valence-electron chi connectivity index (χ3n) is 5.81. The molecule has 1 saturated heterocycles. The lowest BCUT2D eigenvalue weighted by Gasteiger charge is -2.30. The summed E-state index contributed by atoms with van der Waals surface area (Å²) in [5, 5.41) is 10.3. The maximum Gasteiger partial charge on any atom is 0.490 e. The Bertz CT molecular complexity index is 1220. The van der Waals surface area contributed by atoms with Crippen molar-refractivity contribution >= 4 is 21.9 Å². The van der Waals surface area contributed by atoms with E-state index in [0.717, 1.165) is 12.0 Å². The Morgan fingerprint density at radius 1 is 1.00 bits per heavy atom. The Morgan fingerprint density at radius 2 is 1.54 bits per heavy atom. The summed E-state index contributed by atoms with van der Waals surface area (Å²) >= 11 is 0. The average Bonchev–Trinajstić information content (AvgIpc) is 2.92. The predicted molar refractivity (Wildman–Crippen MR) is 136 cm³/mol. The van der Waals surface area contributed by atoms with Crippen molar-refractivity contribution in [3.8, 4) is 11.5 Å². The Kier molecular flexibility index (Phi) is 11.6. The second kappa shape index (κ2) is 14.1. The van der Waals surface area contributed by atoms with E-state index in [1.54, 1.807) is 11.0 Å². The molecule has 0 bridgehead atoms. The zero-order valence-electron chi connectivity index (χ0n) is 21.8. The van der Waals surface area contributed by atoms with E-state index in [-0.39, 0.29) is 23.9 Å². The van der Waals surface area contributed by atoms with Gasteiger partial charge in [0.1, 0.15) is 0 Å². The Balaban J connectivity index is 0.000000673. The molecule has 14 heteroatoms. The summed E-state index contributed by atoms with van der Waals surface area (Å²) in [6, 6.07) is 12.2. The summed E-state index contributed by atoms with van der Waals surface area (Å²) in [6.45, 7) is 4.46. The molecule has 0 atom stereocenters. The highest BCUT2D eigenvalue weighted by molar-refractivity contribution is 7.89. The first-order chi connectivity index (χ1) is 18.3. The molecule has 216 valence electrons. The number of benzene rings is 2. The molecule has 1 aliphatic heterocycles. The highest BCUT2D eigenvalue weighted by Crippen LogP contribution is 2.31. The minimum atomic E-state index is -5.08. The van der Waals surface area contributed by atoms with E-state index in [1.807, 2.05) is 24.3 Å². The number of carbonyl (C=O) groups is 2. The van der Waals surface area contributed by atoms with Crippen LogP contribution in [0.25, 0.3) is 0 Å². The molecule has 0 saturated carbocycles. The molecule has 2 N–H and O–H groups in total. The van der Waals surface area contributed by atoms with Crippen LogP contribution in [0.2, 0.25) is 0 Å². The van der Waals surface area contributed by atoms with Crippen LogP contribution >= 0.6 is 0 Å². The first-order valence-electron chi connectivity index (χ1n) is 11.9. The monoisotopic (exact) mass is 575 g/mol. The number of alkyl halides is 3. The smallest absolute Gasteiger partial charge is 0.490 e. The van der Waals surface area contributed by atoms with Crippen molar-refractivity contribution in [1.29, 1.82) is 0 Å². The summed E-state index contributed by atoms with van der Waals surface area (Å²) in [7, 11) is -1.03. The maximum absolute atomic E-state index is 13.6. The second-order valence-electron chi connectivity index (χ2n) is 8.39. The lowest BCUT2D eigenvalue weighted by Crippen LogP contribution is -2.50. The molecular weight excluding hydrogens is 543 g/mol. The number of carbonyl (C=O) groups excluding carboxylic acids is 1. The summed E-state index contributed by atoms with van der Waals surface area (Å²) in [4.78, 5) is 23.6. The van der Waals surface area contributed by atoms with Gasteiger partial charge in [0.15, 0.2) is 11.5 Å². The number of sulfonamides is 1. The number of carboxylic acids is 1. The van der Waals surface area contributed by atoms with E-state index >= 15 is 0 Å². The first kappa shape index (κ1) is 31.9. The lowest BCUT2D eigenvalue weighted by atomic mass is 10.1. The number of nitrogens with one attached hydrogen (secondary N) is 1. The number of hydrogen-bond acceptors (Lipinski definition) is 7. The molecule has 0 aliphatic carbocycles. The summed E-state index contributed by atoms with van der Waals surface area (Å²) in [6.07, 6.45) is -4.19. The highest BCUT2D eigenvalue weighted by atomic mass is 32.2. The average molecular weight is 576 g/mol. The summed E-state index contributed by atoms with van der Waals surface area (Å²) in [5.41, 5.74) is 1.99. The molecule has 39 heavy (non-hydrogen) atoms. The Labute approximate surface area is 225 Å². The molecule has 0 aromatic heterocycles. The van der Waals surface area contributed by atoms with E-state index in [1.165, 1.54) is 36.2 Å². The number of halogens is 3. The van der Waals surface area contributed by atoms with Gasteiger partial charge in [-0.3, -0.25) is 4.79 Å². The van der Waals surface area contributed by atoms with Gasteiger partial charge in [-0.1, -0.05) is 31.2 Å². The van der Waals surface area contributed by atoms with Crippen LogP contribution in [-0.4, -0.2) is 87.7 Å². The molecule has 1 amide bonds. The van der Waals surface area contributed by atoms with Crippen LogP contribution in [-0.2, 0) is 32.6 Å². The van der Waals surface area contributed by atoms with Gasteiger partial charge < -0.3 is 24.8 Å². The topological polar surface area (TPSA) is 125 Å². The van der Waals surface area contributed by atoms with Gasteiger partial charge in [0.2, 0.25) is 15.9 Å². The van der Waals surface area contributed by atoms with Gasteiger partial charge in [0.05, 0.1) is 25.7 Å². The molecule has 2 aromatic rings. The molecule has 10 nitrogen and oxygen atoms in total. The first-order valence-corrected chi connectivity index (χ1v) is 13.4. The minimum Gasteiger partial charge on any atom is -0.493 e. The van der Waals surface area contributed by atoms with Gasteiger partial charge in [-0.25, -0.2) is 13.2 Å². The number of amides is 1. The van der Waals surface area contributed by atoms with Crippen molar-refractivity contribution < 1.29 is 45.8 Å². The van der Waals surface area contributed by atoms with Crippen molar-refractivity contribution in [1.82, 2.24) is 14.5 Å². The number of nitrogens with zero attached hydrogens (tertiary/aromatic N) is 2. The van der Waals surface area contributed by atoms with E-state index < -0.39 is 22.2 Å². The van der Waals surface area contributed by atoms with Crippen LogP contribution in [0.3, 0.4) is 0 Å². The van der Waals surface area contributed by atoms with Gasteiger partial charge in [-0.05, 0) is 29.7 Å². The number of methoxy groups -OCH3 is 2. The zero-order valence-corrected chi connectivity index (χ0v) is 22.6. The van der Waals surface area contributed by atoms with E-state index in [4.69, 9.17) is 19.4 Å². The van der Waals surface area contributed by atoms with Crippen LogP contribution in [0.4, 0.5) is 13.2 Å². The number of carboxylic acid groups (broad SMARTS) is 1. The number of aliphatic carboxylic acids is 1. The number of piperazine rings is 1. The van der Waals surface area contributed by atoms with Gasteiger partial charge in [-0.2, -0.15) is 17.5 Å². The fourth-order valence-corrected chi connectivity index (χ4v) is 4.99. The fourth-order valence-electron chi connectivity index (χ4n) is 3.60. The van der Waals surface area contributed by atoms with Crippen LogP contribution in [0.5, 0.6) is 11.5 Å². The number of aryl methyl sites for hydroxylation is 1. The third-order valence-corrected chi connectivity index (χ3v) is 7.59. The van der Waals surface area contributed by atoms with Crippen molar-refractivity contribution in [2.45, 2.75) is 31.0 Å². The van der Waals surface area contributed by atoms with E-state index in [0.29, 0.717) is 37.7 Å². The molecule has 2 aromatic carbocycles. The molecular formula is C25H32F3N3O7S. The third kappa shape index (κ3) is 9.11. The largest absolute Gasteiger partial charge is 0.493 e. The SMILES string of the molecule is CCc1ccc(CN(CC(=O)N2CCNCC2)S(=O)(=O)c2ccc(OC)c(OC)c2)cc1.O=C(O)C(F)(F)F. The molecule has 1 heterocycles. The lowest BCUT2D eigenvalue weighted by molar-refractivity contribution is -0.192. The minimum absolute atomic E-state index is 0.0495. The Morgan fingerprint density at radius 3 is 2.03 bits per heavy atom. The summed E-state index contributed by atoms with van der Waals surface area (Å²) < 4.78 is 70.7. The second-order valence-corrected chi connectivity index (χ2v) is 10.3. The normalized spacial score (nSPS) is 13.9. The van der Waals surface area contributed by atoms with Crippen LogP contribution in [0.15, 0.2) is 47.4 Å². The van der Waals surface area contributed by atoms with E-state index in [9.17, 15) is 26.4 Å². The molecule has 0 radical (unpaired) electrons. The van der Waals surface area contributed by atoms with Gasteiger partial charge >= 0.3 is 12.1 Å². The standard InChI is InChI=1S/C23H31N3O5S.C2HF3O2/c1-4-18-5-7-19(8-6-18)16-26(17-23(27)25-13-11-24-12-14-25)32(28,29)20-9-10-21(30-2)22(15-20)31-3;3-2(4,5)1(6)7/h5-10,15,24H,4,11-14,16-17H2,1-3H3;(H,6,7).